The zero-order valence-corrected chi connectivity index (χ0v) is 13.8. The Kier molecular flexibility index (Phi) is 4.29. The SMILES string of the molecule is NC(=O)OCC1(NCC(=O)O)CC1(C(=O)O)c1cccc2ccccc12. The van der Waals surface area contributed by atoms with E-state index in [1.54, 1.807) is 18.2 Å². The highest BCUT2D eigenvalue weighted by Crippen LogP contribution is 2.59. The van der Waals surface area contributed by atoms with Crippen LogP contribution in [0.2, 0.25) is 0 Å². The molecule has 0 bridgehead atoms. The molecule has 1 aliphatic carbocycles. The molecular formula is C18H18N2O6. The summed E-state index contributed by atoms with van der Waals surface area (Å²) in [6.45, 7) is -0.812. The Balaban J connectivity index is 2.10. The van der Waals surface area contributed by atoms with Gasteiger partial charge in [0.15, 0.2) is 0 Å². The molecule has 3 rings (SSSR count). The highest BCUT2D eigenvalue weighted by Gasteiger charge is 2.74. The van der Waals surface area contributed by atoms with Crippen LogP contribution in [-0.4, -0.2) is 46.9 Å². The second-order valence-corrected chi connectivity index (χ2v) is 6.35. The summed E-state index contributed by atoms with van der Waals surface area (Å²) < 4.78 is 4.86. The van der Waals surface area contributed by atoms with E-state index in [1.165, 1.54) is 0 Å². The molecule has 136 valence electrons. The zero-order chi connectivity index (χ0) is 18.9. The first-order chi connectivity index (χ1) is 12.3. The van der Waals surface area contributed by atoms with Crippen molar-refractivity contribution in [2.24, 2.45) is 5.73 Å². The van der Waals surface area contributed by atoms with E-state index < -0.39 is 35.5 Å². The van der Waals surface area contributed by atoms with Gasteiger partial charge in [-0.2, -0.15) is 0 Å². The first-order valence-electron chi connectivity index (χ1n) is 7.93. The predicted octanol–water partition coefficient (Wildman–Crippen LogP) is 1.07. The van der Waals surface area contributed by atoms with E-state index in [-0.39, 0.29) is 13.0 Å². The van der Waals surface area contributed by atoms with E-state index in [1.807, 2.05) is 24.3 Å². The first-order valence-corrected chi connectivity index (χ1v) is 7.93. The molecule has 2 unspecified atom stereocenters. The number of fused-ring (bicyclic) bond motifs is 1. The summed E-state index contributed by atoms with van der Waals surface area (Å²) in [5, 5.41) is 23.4. The van der Waals surface area contributed by atoms with E-state index in [0.29, 0.717) is 5.56 Å². The van der Waals surface area contributed by atoms with Gasteiger partial charge in [-0.1, -0.05) is 42.5 Å². The van der Waals surface area contributed by atoms with Crippen LogP contribution in [0.1, 0.15) is 12.0 Å². The van der Waals surface area contributed by atoms with Gasteiger partial charge in [0, 0.05) is 0 Å². The molecule has 1 fully saturated rings. The number of carbonyl (C=O) groups excluding carboxylic acids is 1. The number of hydrogen-bond acceptors (Lipinski definition) is 5. The minimum absolute atomic E-state index is 0.0733. The molecule has 8 heteroatoms. The topological polar surface area (TPSA) is 139 Å². The molecule has 0 aromatic heterocycles. The molecule has 0 aliphatic heterocycles. The summed E-state index contributed by atoms with van der Waals surface area (Å²) in [6, 6.07) is 12.6. The normalized spacial score (nSPS) is 24.2. The van der Waals surface area contributed by atoms with E-state index in [4.69, 9.17) is 15.6 Å². The first kappa shape index (κ1) is 17.7. The van der Waals surface area contributed by atoms with Crippen molar-refractivity contribution in [2.45, 2.75) is 17.4 Å². The molecule has 1 aliphatic rings. The third-order valence-corrected chi connectivity index (χ3v) is 4.91. The van der Waals surface area contributed by atoms with Crippen LogP contribution >= 0.6 is 0 Å². The number of amides is 1. The Morgan fingerprint density at radius 2 is 1.81 bits per heavy atom. The van der Waals surface area contributed by atoms with Crippen molar-refractivity contribution in [3.8, 4) is 0 Å². The lowest BCUT2D eigenvalue weighted by molar-refractivity contribution is -0.142. The fourth-order valence-electron chi connectivity index (χ4n) is 3.63. The molecule has 1 amide bonds. The van der Waals surface area contributed by atoms with Crippen LogP contribution in [0, 0.1) is 0 Å². The molecule has 26 heavy (non-hydrogen) atoms. The van der Waals surface area contributed by atoms with Gasteiger partial charge >= 0.3 is 18.0 Å². The summed E-state index contributed by atoms with van der Waals surface area (Å²) in [4.78, 5) is 34.3. The average Bonchev–Trinajstić information content (AvgIpc) is 3.28. The summed E-state index contributed by atoms with van der Waals surface area (Å²) in [6.07, 6.45) is -0.977. The molecule has 1 saturated carbocycles. The van der Waals surface area contributed by atoms with Gasteiger partial charge in [0.25, 0.3) is 0 Å². The van der Waals surface area contributed by atoms with Gasteiger partial charge < -0.3 is 20.7 Å². The van der Waals surface area contributed by atoms with E-state index >= 15 is 0 Å². The standard InChI is InChI=1S/C18H18N2O6/c19-16(25)26-10-17(20-8-14(21)22)9-18(17,15(23)24)13-7-3-5-11-4-1-2-6-12(11)13/h1-7,20H,8-10H2,(H2,19,25)(H,21,22)(H,23,24). The Morgan fingerprint density at radius 1 is 1.12 bits per heavy atom. The molecular weight excluding hydrogens is 340 g/mol. The summed E-state index contributed by atoms with van der Waals surface area (Å²) >= 11 is 0. The fourth-order valence-corrected chi connectivity index (χ4v) is 3.63. The largest absolute Gasteiger partial charge is 0.481 e. The van der Waals surface area contributed by atoms with Crippen LogP contribution in [-0.2, 0) is 19.7 Å². The molecule has 0 radical (unpaired) electrons. The lowest BCUT2D eigenvalue weighted by Gasteiger charge is -2.24. The number of ether oxygens (including phenoxy) is 1. The molecule has 8 nitrogen and oxygen atoms in total. The minimum Gasteiger partial charge on any atom is -0.481 e. The smallest absolute Gasteiger partial charge is 0.404 e. The number of carboxylic acids is 2. The number of hydrogen-bond donors (Lipinski definition) is 4. The third-order valence-electron chi connectivity index (χ3n) is 4.91. The number of primary amides is 1. The maximum Gasteiger partial charge on any atom is 0.404 e. The number of aliphatic carboxylic acids is 2. The third kappa shape index (κ3) is 2.74. The van der Waals surface area contributed by atoms with Gasteiger partial charge in [0.1, 0.15) is 12.0 Å². The second-order valence-electron chi connectivity index (χ2n) is 6.35. The fraction of sp³-hybridized carbons (Fsp3) is 0.278. The minimum atomic E-state index is -1.43. The van der Waals surface area contributed by atoms with Gasteiger partial charge in [0.05, 0.1) is 12.1 Å². The Bertz CT molecular complexity index is 873. The van der Waals surface area contributed by atoms with Crippen molar-refractivity contribution in [1.29, 1.82) is 0 Å². The Morgan fingerprint density at radius 3 is 2.46 bits per heavy atom. The zero-order valence-electron chi connectivity index (χ0n) is 13.8. The van der Waals surface area contributed by atoms with Crippen LogP contribution in [0.5, 0.6) is 0 Å². The van der Waals surface area contributed by atoms with Crippen molar-refractivity contribution in [1.82, 2.24) is 5.32 Å². The molecule has 5 N–H and O–H groups in total. The summed E-state index contributed by atoms with van der Waals surface area (Å²) in [5.41, 5.74) is 2.88. The van der Waals surface area contributed by atoms with Crippen molar-refractivity contribution < 1.29 is 29.3 Å². The van der Waals surface area contributed by atoms with E-state index in [2.05, 4.69) is 5.32 Å². The summed E-state index contributed by atoms with van der Waals surface area (Å²) in [5.74, 6) is -2.27. The van der Waals surface area contributed by atoms with Gasteiger partial charge in [-0.05, 0) is 22.8 Å². The van der Waals surface area contributed by atoms with Crippen molar-refractivity contribution in [2.75, 3.05) is 13.2 Å². The highest BCUT2D eigenvalue weighted by molar-refractivity contribution is 5.97. The number of carboxylic acid groups (broad SMARTS) is 2. The molecule has 0 spiro atoms. The quantitative estimate of drug-likeness (QED) is 0.580. The molecule has 0 heterocycles. The van der Waals surface area contributed by atoms with Crippen LogP contribution in [0.25, 0.3) is 10.8 Å². The van der Waals surface area contributed by atoms with Crippen LogP contribution in [0.3, 0.4) is 0 Å². The number of nitrogens with two attached hydrogens (primary N) is 1. The highest BCUT2D eigenvalue weighted by atomic mass is 16.5. The lowest BCUT2D eigenvalue weighted by Crippen LogP contribution is -2.48. The second kappa shape index (κ2) is 6.30. The molecule has 2 aromatic carbocycles. The lowest BCUT2D eigenvalue weighted by atomic mass is 9.86. The van der Waals surface area contributed by atoms with Gasteiger partial charge in [-0.25, -0.2) is 4.79 Å². The monoisotopic (exact) mass is 358 g/mol. The molecule has 2 aromatic rings. The van der Waals surface area contributed by atoms with E-state index in [0.717, 1.165) is 10.8 Å². The Labute approximate surface area is 148 Å². The van der Waals surface area contributed by atoms with Gasteiger partial charge in [0.2, 0.25) is 0 Å². The summed E-state index contributed by atoms with van der Waals surface area (Å²) in [7, 11) is 0. The predicted molar refractivity (Wildman–Crippen MR) is 91.8 cm³/mol. The van der Waals surface area contributed by atoms with E-state index in [9.17, 15) is 19.5 Å². The van der Waals surface area contributed by atoms with Crippen LogP contribution < -0.4 is 11.1 Å². The number of benzene rings is 2. The maximum absolute atomic E-state index is 12.3. The van der Waals surface area contributed by atoms with Gasteiger partial charge in [-0.15, -0.1) is 0 Å². The van der Waals surface area contributed by atoms with Crippen molar-refractivity contribution in [3.63, 3.8) is 0 Å². The number of nitrogens with one attached hydrogen (secondary N) is 1. The maximum atomic E-state index is 12.3. The van der Waals surface area contributed by atoms with Crippen LogP contribution in [0.4, 0.5) is 4.79 Å². The Hall–Kier alpha value is -3.13. The van der Waals surface area contributed by atoms with Gasteiger partial charge in [-0.3, -0.25) is 14.9 Å². The van der Waals surface area contributed by atoms with Crippen LogP contribution in [0.15, 0.2) is 42.5 Å². The van der Waals surface area contributed by atoms with Crippen molar-refractivity contribution >= 4 is 28.8 Å². The molecule has 0 saturated heterocycles. The average molecular weight is 358 g/mol. The number of carbonyl (C=O) groups is 3. The van der Waals surface area contributed by atoms with Crippen molar-refractivity contribution in [3.05, 3.63) is 48.0 Å². The number of rotatable bonds is 7. The molecule has 2 atom stereocenters.